The first kappa shape index (κ1) is 16.9. The zero-order valence-electron chi connectivity index (χ0n) is 13.3. The Labute approximate surface area is 135 Å². The van der Waals surface area contributed by atoms with E-state index in [0.29, 0.717) is 0 Å². The average Bonchev–Trinajstić information content (AvgIpc) is 2.60. The predicted molar refractivity (Wildman–Crippen MR) is 96.1 cm³/mol. The van der Waals surface area contributed by atoms with Gasteiger partial charge in [0.1, 0.15) is 0 Å². The van der Waals surface area contributed by atoms with Crippen LogP contribution in [-0.2, 0) is 13.3 Å². The Kier molecular flexibility index (Phi) is 6.29. The van der Waals surface area contributed by atoms with Gasteiger partial charge in [0.15, 0.2) is 9.04 Å². The van der Waals surface area contributed by atoms with Crippen LogP contribution in [0.2, 0.25) is 0 Å². The van der Waals surface area contributed by atoms with E-state index in [0.717, 1.165) is 0 Å². The van der Waals surface area contributed by atoms with Crippen LogP contribution in [0.15, 0.2) is 60.7 Å². The Bertz CT molecular complexity index is 588. The van der Waals surface area contributed by atoms with Gasteiger partial charge in [-0.15, -0.1) is 0 Å². The van der Waals surface area contributed by atoms with Gasteiger partial charge in [-0.2, -0.15) is 0 Å². The van der Waals surface area contributed by atoms with Crippen molar-refractivity contribution < 1.29 is 13.3 Å². The van der Waals surface area contributed by atoms with Crippen LogP contribution in [0.4, 0.5) is 0 Å². The fraction of sp³-hybridized carbons (Fsp3) is 0.176. The molecule has 2 aromatic rings. The number of hydrogen-bond acceptors (Lipinski definition) is 3. The third-order valence-electron chi connectivity index (χ3n) is 3.63. The molecule has 0 aliphatic carbocycles. The van der Waals surface area contributed by atoms with Crippen LogP contribution >= 0.6 is 0 Å². The molecule has 0 fully saturated rings. The Morgan fingerprint density at radius 1 is 0.818 bits per heavy atom. The predicted octanol–water partition coefficient (Wildman–Crippen LogP) is 2.73. The molecule has 0 saturated carbocycles. The summed E-state index contributed by atoms with van der Waals surface area (Å²) in [5.74, 6) is 0. The molecule has 22 heavy (non-hydrogen) atoms. The lowest BCUT2D eigenvalue weighted by Crippen LogP contribution is -2.50. The molecular formula is C17H22O3Si2. The van der Waals surface area contributed by atoms with E-state index in [4.69, 9.17) is 13.3 Å². The van der Waals surface area contributed by atoms with Gasteiger partial charge in [-0.05, 0) is 11.1 Å². The quantitative estimate of drug-likeness (QED) is 0.577. The summed E-state index contributed by atoms with van der Waals surface area (Å²) < 4.78 is 16.9. The normalized spacial score (nSPS) is 13.0. The van der Waals surface area contributed by atoms with E-state index in [1.165, 1.54) is 16.3 Å². The summed E-state index contributed by atoms with van der Waals surface area (Å²) in [5.41, 5.74) is 2.39. The lowest BCUT2D eigenvalue weighted by Gasteiger charge is -2.25. The van der Waals surface area contributed by atoms with Crippen LogP contribution < -0.4 is 0 Å². The first-order valence-electron chi connectivity index (χ1n) is 7.19. The van der Waals surface area contributed by atoms with Crippen molar-refractivity contribution in [1.82, 2.24) is 0 Å². The molecule has 5 heteroatoms. The molecule has 0 N–H and O–H groups in total. The molecule has 0 bridgehead atoms. The zero-order valence-corrected chi connectivity index (χ0v) is 15.7. The summed E-state index contributed by atoms with van der Waals surface area (Å²) >= 11 is 0. The maximum Gasteiger partial charge on any atom is 0.466 e. The summed E-state index contributed by atoms with van der Waals surface area (Å²) in [4.78, 5) is 0. The van der Waals surface area contributed by atoms with E-state index < -0.39 is 17.4 Å². The summed E-state index contributed by atoms with van der Waals surface area (Å²) in [6.45, 7) is 0. The van der Waals surface area contributed by atoms with E-state index in [-0.39, 0.29) is 0 Å². The molecule has 0 aliphatic heterocycles. The van der Waals surface area contributed by atoms with Crippen molar-refractivity contribution in [2.45, 2.75) is 0 Å². The Hall–Kier alpha value is -1.51. The van der Waals surface area contributed by atoms with E-state index in [2.05, 4.69) is 42.5 Å². The first-order chi connectivity index (χ1) is 10.7. The number of hydrogen-bond donors (Lipinski definition) is 0. The molecule has 0 saturated heterocycles. The Balaban J connectivity index is 2.41. The van der Waals surface area contributed by atoms with Crippen molar-refractivity contribution in [3.63, 3.8) is 0 Å². The van der Waals surface area contributed by atoms with Gasteiger partial charge in [0.25, 0.3) is 0 Å². The highest BCUT2D eigenvalue weighted by Crippen LogP contribution is 2.21. The minimum absolute atomic E-state index is 0.876. The maximum atomic E-state index is 5.64. The first-order valence-corrected chi connectivity index (χ1v) is 12.0. The summed E-state index contributed by atoms with van der Waals surface area (Å²) in [5, 5.41) is 1.28. The molecule has 0 radical (unpaired) electrons. The van der Waals surface area contributed by atoms with E-state index in [9.17, 15) is 0 Å². The lowest BCUT2D eigenvalue weighted by atomic mass is 10.1. The second-order valence-electron chi connectivity index (χ2n) is 4.92. The largest absolute Gasteiger partial charge is 0.466 e. The fourth-order valence-corrected chi connectivity index (χ4v) is 8.13. The minimum atomic E-state index is -2.55. The molecule has 0 heterocycles. The molecule has 0 atom stereocenters. The van der Waals surface area contributed by atoms with Crippen LogP contribution in [0.25, 0.3) is 11.3 Å². The number of benzene rings is 2. The molecular weight excluding hydrogens is 308 g/mol. The number of rotatable bonds is 7. The van der Waals surface area contributed by atoms with Gasteiger partial charge in [-0.25, -0.2) is 0 Å². The third-order valence-corrected chi connectivity index (χ3v) is 12.0. The molecule has 0 aromatic heterocycles. The maximum absolute atomic E-state index is 5.64. The van der Waals surface area contributed by atoms with E-state index in [1.54, 1.807) is 21.3 Å². The second-order valence-corrected chi connectivity index (χ2v) is 12.3. The molecule has 116 valence electrons. The minimum Gasteiger partial charge on any atom is -0.380 e. The van der Waals surface area contributed by atoms with E-state index in [1.807, 2.05) is 24.3 Å². The van der Waals surface area contributed by atoms with Gasteiger partial charge in [0, 0.05) is 21.3 Å². The lowest BCUT2D eigenvalue weighted by molar-refractivity contribution is 0.149. The summed E-state index contributed by atoms with van der Waals surface area (Å²) in [7, 11) is 1.61. The van der Waals surface area contributed by atoms with Crippen LogP contribution in [0, 0.1) is 0 Å². The molecule has 3 nitrogen and oxygen atoms in total. The smallest absolute Gasteiger partial charge is 0.380 e. The second kappa shape index (κ2) is 8.21. The van der Waals surface area contributed by atoms with Gasteiger partial charge in [-0.1, -0.05) is 71.9 Å². The van der Waals surface area contributed by atoms with Crippen molar-refractivity contribution in [3.05, 3.63) is 71.8 Å². The van der Waals surface area contributed by atoms with Crippen LogP contribution in [0.3, 0.4) is 0 Å². The monoisotopic (exact) mass is 330 g/mol. The van der Waals surface area contributed by atoms with Gasteiger partial charge < -0.3 is 13.3 Å². The van der Waals surface area contributed by atoms with Crippen LogP contribution in [-0.4, -0.2) is 38.7 Å². The summed E-state index contributed by atoms with van der Waals surface area (Å²) in [6, 6.07) is 20.7. The Morgan fingerprint density at radius 2 is 1.32 bits per heavy atom. The fourth-order valence-electron chi connectivity index (χ4n) is 2.34. The molecule has 0 unspecified atom stereocenters. The van der Waals surface area contributed by atoms with Gasteiger partial charge in [-0.3, -0.25) is 0 Å². The highest BCUT2D eigenvalue weighted by molar-refractivity contribution is 7.22. The van der Waals surface area contributed by atoms with Crippen LogP contribution in [0.1, 0.15) is 11.1 Å². The molecule has 2 aromatic carbocycles. The van der Waals surface area contributed by atoms with Crippen molar-refractivity contribution in [1.29, 1.82) is 0 Å². The van der Waals surface area contributed by atoms with E-state index >= 15 is 0 Å². The van der Waals surface area contributed by atoms with Crippen molar-refractivity contribution in [2.24, 2.45) is 0 Å². The highest BCUT2D eigenvalue weighted by atomic mass is 29.2. The molecule has 0 amide bonds. The topological polar surface area (TPSA) is 27.7 Å². The SMILES string of the molecule is CO[Si](OC)(OC)[SiH2]C(=Cc1ccccc1)c1ccccc1. The van der Waals surface area contributed by atoms with Crippen molar-refractivity contribution in [2.75, 3.05) is 21.3 Å². The zero-order chi connectivity index (χ0) is 15.8. The molecule has 0 spiro atoms. The standard InChI is InChI=1S/C17H22O3Si2/c1-18-22(19-2,20-3)21-17(16-12-8-5-9-13-16)14-15-10-6-4-7-11-15/h4-14H,21H2,1-3H3. The Morgan fingerprint density at radius 3 is 1.82 bits per heavy atom. The van der Waals surface area contributed by atoms with Gasteiger partial charge in [0.05, 0.1) is 0 Å². The van der Waals surface area contributed by atoms with Crippen LogP contribution in [0.5, 0.6) is 0 Å². The molecule has 0 aliphatic rings. The van der Waals surface area contributed by atoms with Gasteiger partial charge >= 0.3 is 8.32 Å². The van der Waals surface area contributed by atoms with Crippen molar-refractivity contribution in [3.8, 4) is 0 Å². The van der Waals surface area contributed by atoms with Crippen molar-refractivity contribution >= 4 is 28.6 Å². The molecule has 2 rings (SSSR count). The third kappa shape index (κ3) is 4.25. The summed E-state index contributed by atoms with van der Waals surface area (Å²) in [6.07, 6.45) is 2.22. The van der Waals surface area contributed by atoms with Gasteiger partial charge in [0.2, 0.25) is 0 Å². The average molecular weight is 331 g/mol. The highest BCUT2D eigenvalue weighted by Gasteiger charge is 2.38.